The van der Waals surface area contributed by atoms with Gasteiger partial charge >= 0.3 is 11.9 Å². The molecule has 1 heterocycles. The molecule has 1 unspecified atom stereocenters. The molecule has 2 aromatic rings. The fourth-order valence-corrected chi connectivity index (χ4v) is 2.03. The predicted octanol–water partition coefficient (Wildman–Crippen LogP) is 1.01. The quantitative estimate of drug-likeness (QED) is 0.733. The molecule has 0 aliphatic carbocycles. The first kappa shape index (κ1) is 17.2. The van der Waals surface area contributed by atoms with E-state index in [4.69, 9.17) is 5.11 Å². The van der Waals surface area contributed by atoms with Gasteiger partial charge in [-0.2, -0.15) is 5.10 Å². The number of carboxylic acids is 1. The van der Waals surface area contributed by atoms with Crippen molar-refractivity contribution in [1.29, 1.82) is 0 Å². The Balaban J connectivity index is 2.03. The first-order valence-corrected chi connectivity index (χ1v) is 7.22. The standard InChI is InChI=1S/C16H17N3O5/c1-24-14(20)8-7-13(16(22)23)18-15(21)11-9-17-19(10-11)12-5-3-2-4-6-12/h2-6,9-10,13H,7-8H2,1H3,(H,18,21)(H,22,23). The summed E-state index contributed by atoms with van der Waals surface area (Å²) in [4.78, 5) is 34.5. The van der Waals surface area contributed by atoms with Crippen molar-refractivity contribution in [3.05, 3.63) is 48.3 Å². The zero-order valence-corrected chi connectivity index (χ0v) is 13.0. The SMILES string of the molecule is COC(=O)CCC(NC(=O)c1cnn(-c2ccccc2)c1)C(=O)O. The molecule has 0 bridgehead atoms. The average Bonchev–Trinajstić information content (AvgIpc) is 3.08. The van der Waals surface area contributed by atoms with Gasteiger partial charge in [0.15, 0.2) is 0 Å². The number of hydrogen-bond donors (Lipinski definition) is 2. The lowest BCUT2D eigenvalue weighted by Gasteiger charge is -2.13. The highest BCUT2D eigenvalue weighted by molar-refractivity contribution is 5.96. The van der Waals surface area contributed by atoms with E-state index in [9.17, 15) is 14.4 Å². The van der Waals surface area contributed by atoms with Crippen molar-refractivity contribution in [2.75, 3.05) is 7.11 Å². The van der Waals surface area contributed by atoms with E-state index in [1.165, 1.54) is 24.2 Å². The molecular weight excluding hydrogens is 314 g/mol. The summed E-state index contributed by atoms with van der Waals surface area (Å²) in [5.74, 6) is -2.33. The highest BCUT2D eigenvalue weighted by Crippen LogP contribution is 2.08. The zero-order valence-electron chi connectivity index (χ0n) is 13.0. The molecule has 8 heteroatoms. The molecule has 0 spiro atoms. The van der Waals surface area contributed by atoms with Crippen molar-refractivity contribution in [3.8, 4) is 5.69 Å². The van der Waals surface area contributed by atoms with Crippen molar-refractivity contribution < 1.29 is 24.2 Å². The smallest absolute Gasteiger partial charge is 0.326 e. The molecule has 8 nitrogen and oxygen atoms in total. The van der Waals surface area contributed by atoms with Crippen LogP contribution in [-0.4, -0.2) is 45.9 Å². The number of rotatable bonds is 7. The Kier molecular flexibility index (Phi) is 5.67. The first-order valence-electron chi connectivity index (χ1n) is 7.22. The van der Waals surface area contributed by atoms with Gasteiger partial charge in [0, 0.05) is 12.6 Å². The van der Waals surface area contributed by atoms with Crippen LogP contribution in [0.25, 0.3) is 5.69 Å². The van der Waals surface area contributed by atoms with Gasteiger partial charge in [-0.25, -0.2) is 9.48 Å². The number of amides is 1. The topological polar surface area (TPSA) is 111 Å². The Labute approximate surface area is 138 Å². The van der Waals surface area contributed by atoms with Gasteiger partial charge in [0.05, 0.1) is 24.6 Å². The molecule has 126 valence electrons. The molecule has 0 aliphatic heterocycles. The Morgan fingerprint density at radius 1 is 1.29 bits per heavy atom. The fourth-order valence-electron chi connectivity index (χ4n) is 2.03. The molecule has 0 saturated heterocycles. The maximum atomic E-state index is 12.2. The summed E-state index contributed by atoms with van der Waals surface area (Å²) in [7, 11) is 1.22. The molecule has 2 N–H and O–H groups in total. The van der Waals surface area contributed by atoms with Crippen molar-refractivity contribution in [3.63, 3.8) is 0 Å². The molecule has 1 atom stereocenters. The number of aliphatic carboxylic acids is 1. The summed E-state index contributed by atoms with van der Waals surface area (Å²) >= 11 is 0. The molecule has 1 aromatic heterocycles. The third kappa shape index (κ3) is 4.42. The summed E-state index contributed by atoms with van der Waals surface area (Å²) in [5, 5.41) is 15.6. The Morgan fingerprint density at radius 3 is 2.62 bits per heavy atom. The molecule has 0 radical (unpaired) electrons. The van der Waals surface area contributed by atoms with Gasteiger partial charge in [-0.3, -0.25) is 9.59 Å². The second-order valence-corrected chi connectivity index (χ2v) is 4.99. The van der Waals surface area contributed by atoms with E-state index >= 15 is 0 Å². The molecule has 0 saturated carbocycles. The average molecular weight is 331 g/mol. The Hall–Kier alpha value is -3.16. The summed E-state index contributed by atoms with van der Waals surface area (Å²) in [6.07, 6.45) is 2.70. The molecule has 24 heavy (non-hydrogen) atoms. The van der Waals surface area contributed by atoms with Crippen molar-refractivity contribution >= 4 is 17.8 Å². The molecule has 1 aromatic carbocycles. The summed E-state index contributed by atoms with van der Waals surface area (Å²) in [6.45, 7) is 0. The summed E-state index contributed by atoms with van der Waals surface area (Å²) < 4.78 is 5.98. The second kappa shape index (κ2) is 7.91. The lowest BCUT2D eigenvalue weighted by Crippen LogP contribution is -2.41. The largest absolute Gasteiger partial charge is 0.480 e. The van der Waals surface area contributed by atoms with Crippen molar-refractivity contribution in [1.82, 2.24) is 15.1 Å². The van der Waals surface area contributed by atoms with Gasteiger partial charge in [-0.05, 0) is 18.6 Å². The van der Waals surface area contributed by atoms with Crippen LogP contribution >= 0.6 is 0 Å². The second-order valence-electron chi connectivity index (χ2n) is 4.99. The van der Waals surface area contributed by atoms with Crippen LogP contribution in [0.1, 0.15) is 23.2 Å². The van der Waals surface area contributed by atoms with Gasteiger partial charge in [0.1, 0.15) is 6.04 Å². The lowest BCUT2D eigenvalue weighted by molar-refractivity contribution is -0.142. The Bertz CT molecular complexity index is 726. The van der Waals surface area contributed by atoms with Crippen LogP contribution < -0.4 is 5.32 Å². The highest BCUT2D eigenvalue weighted by Gasteiger charge is 2.22. The van der Waals surface area contributed by atoms with E-state index in [0.29, 0.717) is 0 Å². The van der Waals surface area contributed by atoms with Crippen LogP contribution in [0.3, 0.4) is 0 Å². The monoisotopic (exact) mass is 331 g/mol. The maximum absolute atomic E-state index is 12.2. The minimum atomic E-state index is -1.22. The summed E-state index contributed by atoms with van der Waals surface area (Å²) in [5.41, 5.74) is 1.00. The number of carbonyl (C=O) groups excluding carboxylic acids is 2. The minimum Gasteiger partial charge on any atom is -0.480 e. The van der Waals surface area contributed by atoms with Crippen molar-refractivity contribution in [2.24, 2.45) is 0 Å². The highest BCUT2D eigenvalue weighted by atomic mass is 16.5. The first-order chi connectivity index (χ1) is 11.5. The van der Waals surface area contributed by atoms with Gasteiger partial charge < -0.3 is 15.2 Å². The van der Waals surface area contributed by atoms with Crippen LogP contribution in [0.15, 0.2) is 42.7 Å². The number of esters is 1. The normalized spacial score (nSPS) is 11.5. The van der Waals surface area contributed by atoms with E-state index in [-0.39, 0.29) is 18.4 Å². The number of nitrogens with one attached hydrogen (secondary N) is 1. The van der Waals surface area contributed by atoms with E-state index < -0.39 is 23.9 Å². The van der Waals surface area contributed by atoms with Gasteiger partial charge in [-0.1, -0.05) is 18.2 Å². The number of methoxy groups -OCH3 is 1. The van der Waals surface area contributed by atoms with Crippen LogP contribution in [0.5, 0.6) is 0 Å². The Morgan fingerprint density at radius 2 is 2.00 bits per heavy atom. The third-order valence-corrected chi connectivity index (χ3v) is 3.33. The third-order valence-electron chi connectivity index (χ3n) is 3.33. The van der Waals surface area contributed by atoms with E-state index in [0.717, 1.165) is 5.69 Å². The van der Waals surface area contributed by atoms with Gasteiger partial charge in [-0.15, -0.1) is 0 Å². The van der Waals surface area contributed by atoms with Crippen LogP contribution in [0.2, 0.25) is 0 Å². The van der Waals surface area contributed by atoms with Gasteiger partial charge in [0.2, 0.25) is 0 Å². The molecule has 0 fully saturated rings. The molecule has 2 rings (SSSR count). The van der Waals surface area contributed by atoms with Crippen LogP contribution in [-0.2, 0) is 14.3 Å². The van der Waals surface area contributed by atoms with Gasteiger partial charge in [0.25, 0.3) is 5.91 Å². The minimum absolute atomic E-state index is 0.0550. The summed E-state index contributed by atoms with van der Waals surface area (Å²) in [6, 6.07) is 8.00. The van der Waals surface area contributed by atoms with Crippen molar-refractivity contribution in [2.45, 2.75) is 18.9 Å². The number of benzene rings is 1. The molecule has 0 aliphatic rings. The predicted molar refractivity (Wildman–Crippen MR) is 83.7 cm³/mol. The van der Waals surface area contributed by atoms with Crippen LogP contribution in [0.4, 0.5) is 0 Å². The number of hydrogen-bond acceptors (Lipinski definition) is 5. The van der Waals surface area contributed by atoms with Crippen LogP contribution in [0, 0.1) is 0 Å². The van der Waals surface area contributed by atoms with E-state index in [1.54, 1.807) is 0 Å². The number of carboxylic acid groups (broad SMARTS) is 1. The molecular formula is C16H17N3O5. The number of para-hydroxylation sites is 1. The fraction of sp³-hybridized carbons (Fsp3) is 0.250. The number of aromatic nitrogens is 2. The van der Waals surface area contributed by atoms with E-state index in [1.807, 2.05) is 30.3 Å². The number of ether oxygens (including phenoxy) is 1. The molecule has 1 amide bonds. The zero-order chi connectivity index (χ0) is 17.5. The number of nitrogens with zero attached hydrogens (tertiary/aromatic N) is 2. The van der Waals surface area contributed by atoms with E-state index in [2.05, 4.69) is 15.2 Å². The maximum Gasteiger partial charge on any atom is 0.326 e. The lowest BCUT2D eigenvalue weighted by atomic mass is 10.1. The number of carbonyl (C=O) groups is 3.